The van der Waals surface area contributed by atoms with E-state index in [0.29, 0.717) is 18.5 Å². The second-order valence-corrected chi connectivity index (χ2v) is 7.21. The van der Waals surface area contributed by atoms with E-state index in [1.54, 1.807) is 26.8 Å². The van der Waals surface area contributed by atoms with Crippen molar-refractivity contribution in [2.75, 3.05) is 13.1 Å². The van der Waals surface area contributed by atoms with Crippen molar-refractivity contribution in [3.8, 4) is 0 Å². The normalized spacial score (nSPS) is 21.8. The van der Waals surface area contributed by atoms with Crippen LogP contribution in [0.4, 0.5) is 18.0 Å². The molecule has 0 spiro atoms. The molecule has 2 rings (SSSR count). The highest BCUT2D eigenvalue weighted by Gasteiger charge is 2.38. The Kier molecular flexibility index (Phi) is 5.18. The van der Waals surface area contributed by atoms with Gasteiger partial charge in [-0.1, -0.05) is 24.3 Å². The lowest BCUT2D eigenvalue weighted by molar-refractivity contribution is -0.137. The minimum Gasteiger partial charge on any atom is -0.444 e. The van der Waals surface area contributed by atoms with Crippen molar-refractivity contribution in [1.29, 1.82) is 0 Å². The minimum absolute atomic E-state index is 0.0824. The third kappa shape index (κ3) is 5.49. The lowest BCUT2D eigenvalue weighted by atomic mass is 10.0. The van der Waals surface area contributed by atoms with Crippen LogP contribution in [0, 0.1) is 0 Å². The average molecular weight is 357 g/mol. The number of β-amino-alcohol motifs (C(OH)–C–C–N with tert-alkyl or cyclic N) is 1. The smallest absolute Gasteiger partial charge is 0.416 e. The van der Waals surface area contributed by atoms with Gasteiger partial charge in [-0.2, -0.15) is 13.2 Å². The fourth-order valence-corrected chi connectivity index (χ4v) is 2.47. The molecule has 25 heavy (non-hydrogen) atoms. The molecule has 0 saturated carbocycles. The molecular weight excluding hydrogens is 335 g/mol. The van der Waals surface area contributed by atoms with E-state index in [4.69, 9.17) is 4.74 Å². The number of carbonyl (C=O) groups is 1. The number of aliphatic hydroxyl groups is 1. The SMILES string of the molecule is CC(C)(C)OC(=O)N1CCC(O)(/C=C/c2ccc(C(F)(F)F)cc2)C1. The third-order valence-corrected chi connectivity index (χ3v) is 3.76. The van der Waals surface area contributed by atoms with Gasteiger partial charge in [0.1, 0.15) is 11.2 Å². The fourth-order valence-electron chi connectivity index (χ4n) is 2.47. The molecule has 0 aromatic heterocycles. The molecule has 0 bridgehead atoms. The van der Waals surface area contributed by atoms with Gasteiger partial charge in [0.05, 0.1) is 12.1 Å². The Morgan fingerprint density at radius 2 is 1.84 bits per heavy atom. The summed E-state index contributed by atoms with van der Waals surface area (Å²) in [5.41, 5.74) is -2.02. The zero-order valence-corrected chi connectivity index (χ0v) is 14.4. The van der Waals surface area contributed by atoms with Crippen LogP contribution in [0.3, 0.4) is 0 Å². The monoisotopic (exact) mass is 357 g/mol. The Hall–Kier alpha value is -2.02. The average Bonchev–Trinajstić information content (AvgIpc) is 2.86. The van der Waals surface area contributed by atoms with Crippen LogP contribution in [0.15, 0.2) is 30.3 Å². The maximum Gasteiger partial charge on any atom is 0.416 e. The molecule has 0 radical (unpaired) electrons. The maximum absolute atomic E-state index is 12.5. The van der Waals surface area contributed by atoms with Crippen LogP contribution >= 0.6 is 0 Å². The van der Waals surface area contributed by atoms with Crippen LogP contribution in [-0.2, 0) is 10.9 Å². The van der Waals surface area contributed by atoms with Crippen LogP contribution in [0.2, 0.25) is 0 Å². The fraction of sp³-hybridized carbons (Fsp3) is 0.500. The summed E-state index contributed by atoms with van der Waals surface area (Å²) in [5, 5.41) is 10.5. The quantitative estimate of drug-likeness (QED) is 0.867. The summed E-state index contributed by atoms with van der Waals surface area (Å²) in [5.74, 6) is 0. The molecule has 7 heteroatoms. The van der Waals surface area contributed by atoms with Crippen LogP contribution in [0.25, 0.3) is 6.08 Å². The predicted molar refractivity (Wildman–Crippen MR) is 87.9 cm³/mol. The molecule has 1 N–H and O–H groups in total. The first kappa shape index (κ1) is 19.3. The first-order chi connectivity index (χ1) is 11.4. The van der Waals surface area contributed by atoms with E-state index in [0.717, 1.165) is 12.1 Å². The van der Waals surface area contributed by atoms with Gasteiger partial charge in [0, 0.05) is 6.54 Å². The number of nitrogens with zero attached hydrogens (tertiary/aromatic N) is 1. The first-order valence-electron chi connectivity index (χ1n) is 7.95. The number of carbonyl (C=O) groups excluding carboxylic acids is 1. The Bertz CT molecular complexity index is 647. The molecule has 1 atom stereocenters. The zero-order chi connectivity index (χ0) is 18.9. The second-order valence-electron chi connectivity index (χ2n) is 7.21. The van der Waals surface area contributed by atoms with Crippen molar-refractivity contribution >= 4 is 12.2 Å². The summed E-state index contributed by atoms with van der Waals surface area (Å²) in [6, 6.07) is 4.66. The van der Waals surface area contributed by atoms with Crippen LogP contribution < -0.4 is 0 Å². The van der Waals surface area contributed by atoms with Gasteiger partial charge in [0.2, 0.25) is 0 Å². The summed E-state index contributed by atoms with van der Waals surface area (Å²) in [4.78, 5) is 13.4. The number of hydrogen-bond acceptors (Lipinski definition) is 3. The lowest BCUT2D eigenvalue weighted by Gasteiger charge is -2.25. The van der Waals surface area contributed by atoms with E-state index in [1.165, 1.54) is 23.1 Å². The van der Waals surface area contributed by atoms with Gasteiger partial charge in [-0.05, 0) is 44.9 Å². The van der Waals surface area contributed by atoms with Crippen molar-refractivity contribution in [3.63, 3.8) is 0 Å². The standard InChI is InChI=1S/C18H22F3NO3/c1-16(2,3)25-15(23)22-11-10-17(24,12-22)9-8-13-4-6-14(7-5-13)18(19,20)21/h4-9,24H,10-12H2,1-3H3/b9-8+. The maximum atomic E-state index is 12.5. The Morgan fingerprint density at radius 3 is 2.36 bits per heavy atom. The molecule has 1 unspecified atom stereocenters. The highest BCUT2D eigenvalue weighted by Crippen LogP contribution is 2.30. The van der Waals surface area contributed by atoms with Crippen molar-refractivity contribution in [3.05, 3.63) is 41.5 Å². The number of hydrogen-bond donors (Lipinski definition) is 1. The van der Waals surface area contributed by atoms with E-state index < -0.39 is 29.0 Å². The number of likely N-dealkylation sites (tertiary alicyclic amines) is 1. The van der Waals surface area contributed by atoms with Gasteiger partial charge in [-0.25, -0.2) is 4.79 Å². The van der Waals surface area contributed by atoms with Crippen molar-refractivity contribution in [2.24, 2.45) is 0 Å². The summed E-state index contributed by atoms with van der Waals surface area (Å²) < 4.78 is 42.9. The summed E-state index contributed by atoms with van der Waals surface area (Å²) >= 11 is 0. The number of benzene rings is 1. The van der Waals surface area contributed by atoms with E-state index >= 15 is 0 Å². The van der Waals surface area contributed by atoms with Crippen LogP contribution in [0.1, 0.15) is 38.3 Å². The lowest BCUT2D eigenvalue weighted by Crippen LogP contribution is -2.38. The predicted octanol–water partition coefficient (Wildman–Crippen LogP) is 4.09. The van der Waals surface area contributed by atoms with Gasteiger partial charge in [0.25, 0.3) is 0 Å². The van der Waals surface area contributed by atoms with Crippen molar-refractivity contribution in [1.82, 2.24) is 4.90 Å². The van der Waals surface area contributed by atoms with Gasteiger partial charge in [-0.15, -0.1) is 0 Å². The van der Waals surface area contributed by atoms with E-state index in [1.807, 2.05) is 0 Å². The van der Waals surface area contributed by atoms with Crippen molar-refractivity contribution in [2.45, 2.75) is 44.6 Å². The van der Waals surface area contributed by atoms with E-state index in [-0.39, 0.29) is 6.54 Å². The summed E-state index contributed by atoms with van der Waals surface area (Å²) in [6.45, 7) is 5.72. The summed E-state index contributed by atoms with van der Waals surface area (Å²) in [6.07, 6.45) is -1.46. The number of halogens is 3. The molecule has 4 nitrogen and oxygen atoms in total. The number of ether oxygens (including phenoxy) is 1. The molecule has 1 heterocycles. The van der Waals surface area contributed by atoms with Gasteiger partial charge in [0.15, 0.2) is 0 Å². The highest BCUT2D eigenvalue weighted by atomic mass is 19.4. The number of rotatable bonds is 2. The molecule has 1 aromatic rings. The van der Waals surface area contributed by atoms with E-state index in [9.17, 15) is 23.1 Å². The molecule has 1 aliphatic heterocycles. The molecule has 1 aliphatic rings. The van der Waals surface area contributed by atoms with E-state index in [2.05, 4.69) is 0 Å². The Labute approximate surface area is 144 Å². The Balaban J connectivity index is 2.00. The molecule has 1 saturated heterocycles. The zero-order valence-electron chi connectivity index (χ0n) is 14.4. The Morgan fingerprint density at radius 1 is 1.24 bits per heavy atom. The third-order valence-electron chi connectivity index (χ3n) is 3.76. The molecule has 1 amide bonds. The van der Waals surface area contributed by atoms with Gasteiger partial charge < -0.3 is 14.7 Å². The highest BCUT2D eigenvalue weighted by molar-refractivity contribution is 5.69. The van der Waals surface area contributed by atoms with Crippen LogP contribution in [0.5, 0.6) is 0 Å². The minimum atomic E-state index is -4.38. The molecule has 1 fully saturated rings. The molecular formula is C18H22F3NO3. The topological polar surface area (TPSA) is 49.8 Å². The molecule has 0 aliphatic carbocycles. The number of alkyl halides is 3. The molecule has 138 valence electrons. The van der Waals surface area contributed by atoms with Crippen molar-refractivity contribution < 1.29 is 27.8 Å². The van der Waals surface area contributed by atoms with Gasteiger partial charge >= 0.3 is 12.3 Å². The van der Waals surface area contributed by atoms with Crippen LogP contribution in [-0.4, -0.2) is 40.4 Å². The summed E-state index contributed by atoms with van der Waals surface area (Å²) in [7, 11) is 0. The number of amides is 1. The first-order valence-corrected chi connectivity index (χ1v) is 7.95. The second kappa shape index (κ2) is 6.71. The van der Waals surface area contributed by atoms with Gasteiger partial charge in [-0.3, -0.25) is 0 Å². The largest absolute Gasteiger partial charge is 0.444 e. The molecule has 1 aromatic carbocycles.